The summed E-state index contributed by atoms with van der Waals surface area (Å²) >= 11 is 3.30. The quantitative estimate of drug-likeness (QED) is 0.824. The van der Waals surface area contributed by atoms with Crippen molar-refractivity contribution < 1.29 is 4.79 Å². The molecule has 114 valence electrons. The van der Waals surface area contributed by atoms with Gasteiger partial charge in [-0.3, -0.25) is 4.79 Å². The molecule has 3 rings (SSSR count). The Hall–Kier alpha value is -1.25. The fraction of sp³-hybridized carbons (Fsp3) is 0.500. The van der Waals surface area contributed by atoms with Crippen LogP contribution in [0, 0.1) is 0 Å². The Morgan fingerprint density at radius 2 is 2.10 bits per heavy atom. The lowest BCUT2D eigenvalue weighted by Gasteiger charge is -2.26. The molecule has 0 atom stereocenters. The van der Waals surface area contributed by atoms with E-state index >= 15 is 0 Å². The SMILES string of the molecule is Cl.NC1CCC(NC(=O)c2nc3ncc(Br)cn3n2)CC1. The van der Waals surface area contributed by atoms with Crippen molar-refractivity contribution in [2.75, 3.05) is 0 Å². The standard InChI is InChI=1S/C12H15BrN6O.ClH/c13-7-5-15-12-17-10(18-19(12)6-7)11(20)16-9-3-1-8(14)2-4-9;/h5-6,8-9H,1-4,14H2,(H,16,20);1H. The number of nitrogens with one attached hydrogen (secondary N) is 1. The van der Waals surface area contributed by atoms with E-state index in [0.717, 1.165) is 30.2 Å². The Kier molecular flexibility index (Phi) is 5.13. The molecule has 1 saturated carbocycles. The minimum atomic E-state index is -0.257. The summed E-state index contributed by atoms with van der Waals surface area (Å²) in [5.41, 5.74) is 5.85. The Morgan fingerprint density at radius 3 is 2.81 bits per heavy atom. The smallest absolute Gasteiger partial charge is 0.291 e. The van der Waals surface area contributed by atoms with Crippen LogP contribution >= 0.6 is 28.3 Å². The number of nitrogens with two attached hydrogens (primary N) is 1. The van der Waals surface area contributed by atoms with Crippen LogP contribution < -0.4 is 11.1 Å². The maximum atomic E-state index is 12.1. The first kappa shape index (κ1) is 16.1. The van der Waals surface area contributed by atoms with E-state index in [-0.39, 0.29) is 36.2 Å². The topological polar surface area (TPSA) is 98.2 Å². The van der Waals surface area contributed by atoms with Crippen LogP contribution in [0.1, 0.15) is 36.3 Å². The van der Waals surface area contributed by atoms with E-state index in [1.807, 2.05) is 0 Å². The number of rotatable bonds is 2. The number of amides is 1. The van der Waals surface area contributed by atoms with Gasteiger partial charge in [-0.2, -0.15) is 4.98 Å². The van der Waals surface area contributed by atoms with E-state index in [9.17, 15) is 4.79 Å². The van der Waals surface area contributed by atoms with Gasteiger partial charge in [0.2, 0.25) is 5.82 Å². The van der Waals surface area contributed by atoms with E-state index in [1.165, 1.54) is 4.52 Å². The van der Waals surface area contributed by atoms with E-state index in [2.05, 4.69) is 36.3 Å². The Bertz CT molecular complexity index is 640. The van der Waals surface area contributed by atoms with Crippen molar-refractivity contribution in [1.29, 1.82) is 0 Å². The van der Waals surface area contributed by atoms with Gasteiger partial charge in [-0.25, -0.2) is 9.50 Å². The van der Waals surface area contributed by atoms with Gasteiger partial charge in [-0.05, 0) is 41.6 Å². The van der Waals surface area contributed by atoms with Gasteiger partial charge in [-0.15, -0.1) is 17.5 Å². The molecule has 1 fully saturated rings. The largest absolute Gasteiger partial charge is 0.347 e. The van der Waals surface area contributed by atoms with Crippen LogP contribution in [0.25, 0.3) is 5.78 Å². The third kappa shape index (κ3) is 3.69. The van der Waals surface area contributed by atoms with Gasteiger partial charge in [0.25, 0.3) is 11.7 Å². The van der Waals surface area contributed by atoms with E-state index in [0.29, 0.717) is 5.78 Å². The second-order valence-corrected chi connectivity index (χ2v) is 5.95. The highest BCUT2D eigenvalue weighted by atomic mass is 79.9. The molecule has 0 aromatic carbocycles. The average molecular weight is 376 g/mol. The second kappa shape index (κ2) is 6.67. The van der Waals surface area contributed by atoms with Crippen molar-refractivity contribution in [2.45, 2.75) is 37.8 Å². The fourth-order valence-electron chi connectivity index (χ4n) is 2.37. The number of carbonyl (C=O) groups excluding carboxylic acids is 1. The van der Waals surface area contributed by atoms with Gasteiger partial charge < -0.3 is 11.1 Å². The number of carbonyl (C=O) groups is 1. The molecule has 2 aromatic rings. The minimum absolute atomic E-state index is 0. The molecule has 1 aliphatic rings. The molecular weight excluding hydrogens is 360 g/mol. The molecule has 3 N–H and O–H groups in total. The lowest BCUT2D eigenvalue weighted by atomic mass is 9.92. The summed E-state index contributed by atoms with van der Waals surface area (Å²) in [5, 5.41) is 7.09. The number of nitrogens with zero attached hydrogens (tertiary/aromatic N) is 4. The van der Waals surface area contributed by atoms with Gasteiger partial charge in [-0.1, -0.05) is 0 Å². The molecule has 1 amide bonds. The molecule has 7 nitrogen and oxygen atoms in total. The van der Waals surface area contributed by atoms with Gasteiger partial charge in [0.05, 0.1) is 4.47 Å². The van der Waals surface area contributed by atoms with E-state index in [1.54, 1.807) is 12.4 Å². The second-order valence-electron chi connectivity index (χ2n) is 5.04. The Labute approximate surface area is 136 Å². The molecule has 0 spiro atoms. The predicted octanol–water partition coefficient (Wildman–Crippen LogP) is 1.31. The Morgan fingerprint density at radius 1 is 1.38 bits per heavy atom. The highest BCUT2D eigenvalue weighted by molar-refractivity contribution is 9.10. The first-order chi connectivity index (χ1) is 9.61. The summed E-state index contributed by atoms with van der Waals surface area (Å²) in [6, 6.07) is 0.423. The van der Waals surface area contributed by atoms with Crippen LogP contribution in [0.5, 0.6) is 0 Å². The zero-order valence-electron chi connectivity index (χ0n) is 11.2. The minimum Gasteiger partial charge on any atom is -0.347 e. The molecule has 0 aliphatic heterocycles. The molecule has 0 unspecified atom stereocenters. The van der Waals surface area contributed by atoms with Gasteiger partial charge in [0, 0.05) is 24.5 Å². The summed E-state index contributed by atoms with van der Waals surface area (Å²) in [6.07, 6.45) is 7.03. The molecule has 21 heavy (non-hydrogen) atoms. The highest BCUT2D eigenvalue weighted by Gasteiger charge is 2.22. The molecular formula is C12H16BrClN6O. The maximum Gasteiger partial charge on any atom is 0.291 e. The van der Waals surface area contributed by atoms with Crippen LogP contribution in [-0.4, -0.2) is 37.6 Å². The number of hydrogen-bond acceptors (Lipinski definition) is 5. The molecule has 0 saturated heterocycles. The molecule has 2 aromatic heterocycles. The molecule has 0 radical (unpaired) electrons. The number of hydrogen-bond donors (Lipinski definition) is 2. The predicted molar refractivity (Wildman–Crippen MR) is 83.4 cm³/mol. The Balaban J connectivity index is 0.00000161. The van der Waals surface area contributed by atoms with Gasteiger partial charge in [0.15, 0.2) is 0 Å². The molecule has 9 heteroatoms. The van der Waals surface area contributed by atoms with Crippen LogP contribution in [0.4, 0.5) is 0 Å². The third-order valence-corrected chi connectivity index (χ3v) is 3.88. The summed E-state index contributed by atoms with van der Waals surface area (Å²) in [4.78, 5) is 20.3. The molecule has 2 heterocycles. The van der Waals surface area contributed by atoms with Crippen LogP contribution in [0.3, 0.4) is 0 Å². The van der Waals surface area contributed by atoms with Gasteiger partial charge >= 0.3 is 0 Å². The van der Waals surface area contributed by atoms with Gasteiger partial charge in [0.1, 0.15) is 0 Å². The molecule has 1 aliphatic carbocycles. The lowest BCUT2D eigenvalue weighted by Crippen LogP contribution is -2.40. The van der Waals surface area contributed by atoms with Crippen molar-refractivity contribution >= 4 is 40.0 Å². The van der Waals surface area contributed by atoms with Crippen molar-refractivity contribution in [3.05, 3.63) is 22.7 Å². The van der Waals surface area contributed by atoms with Crippen molar-refractivity contribution in [2.24, 2.45) is 5.73 Å². The van der Waals surface area contributed by atoms with Crippen molar-refractivity contribution in [1.82, 2.24) is 24.9 Å². The van der Waals surface area contributed by atoms with E-state index < -0.39 is 0 Å². The zero-order valence-corrected chi connectivity index (χ0v) is 13.6. The first-order valence-corrected chi connectivity index (χ1v) is 7.35. The van der Waals surface area contributed by atoms with Crippen LogP contribution in [-0.2, 0) is 0 Å². The highest BCUT2D eigenvalue weighted by Crippen LogP contribution is 2.17. The number of halogens is 2. The zero-order chi connectivity index (χ0) is 14.1. The summed E-state index contributed by atoms with van der Waals surface area (Å²) in [5.74, 6) is 0.293. The van der Waals surface area contributed by atoms with E-state index in [4.69, 9.17) is 5.73 Å². The van der Waals surface area contributed by atoms with Crippen molar-refractivity contribution in [3.63, 3.8) is 0 Å². The first-order valence-electron chi connectivity index (χ1n) is 6.56. The summed E-state index contributed by atoms with van der Waals surface area (Å²) < 4.78 is 2.26. The number of fused-ring (bicyclic) bond motifs is 1. The van der Waals surface area contributed by atoms with Crippen molar-refractivity contribution in [3.8, 4) is 0 Å². The fourth-order valence-corrected chi connectivity index (χ4v) is 2.67. The third-order valence-electron chi connectivity index (χ3n) is 3.47. The molecule has 0 bridgehead atoms. The maximum absolute atomic E-state index is 12.1. The summed E-state index contributed by atoms with van der Waals surface area (Å²) in [6.45, 7) is 0. The number of aromatic nitrogens is 4. The average Bonchev–Trinajstić information content (AvgIpc) is 2.84. The normalized spacial score (nSPS) is 21.8. The summed E-state index contributed by atoms with van der Waals surface area (Å²) in [7, 11) is 0. The van der Waals surface area contributed by atoms with Crippen LogP contribution in [0.2, 0.25) is 0 Å². The lowest BCUT2D eigenvalue weighted by molar-refractivity contribution is 0.0915. The monoisotopic (exact) mass is 374 g/mol. The van der Waals surface area contributed by atoms with Crippen LogP contribution in [0.15, 0.2) is 16.9 Å².